The molecule has 0 radical (unpaired) electrons. The third kappa shape index (κ3) is 3.42. The molecule has 2 heterocycles. The summed E-state index contributed by atoms with van der Waals surface area (Å²) in [5.74, 6) is 0.829. The average molecular weight is 401 g/mol. The number of carbonyl (C=O) groups excluding carboxylic acids is 1. The number of amides is 1. The van der Waals surface area contributed by atoms with Crippen LogP contribution in [0.4, 0.5) is 0 Å². The highest BCUT2D eigenvalue weighted by Gasteiger charge is 2.55. The van der Waals surface area contributed by atoms with E-state index in [1.54, 1.807) is 0 Å². The van der Waals surface area contributed by atoms with E-state index in [2.05, 4.69) is 37.3 Å². The lowest BCUT2D eigenvalue weighted by Crippen LogP contribution is -2.44. The second kappa shape index (κ2) is 7.56. The van der Waals surface area contributed by atoms with Crippen molar-refractivity contribution in [1.29, 1.82) is 5.26 Å². The van der Waals surface area contributed by atoms with Crippen molar-refractivity contribution in [3.8, 4) is 17.2 Å². The molecule has 3 aliphatic rings. The zero-order valence-electron chi connectivity index (χ0n) is 17.6. The molecule has 2 aliphatic heterocycles. The van der Waals surface area contributed by atoms with Crippen LogP contribution in [-0.4, -0.2) is 36.6 Å². The lowest BCUT2D eigenvalue weighted by Gasteiger charge is -2.34. The summed E-state index contributed by atoms with van der Waals surface area (Å²) in [5.41, 5.74) is 6.03. The van der Waals surface area contributed by atoms with Crippen molar-refractivity contribution < 1.29 is 9.53 Å². The largest absolute Gasteiger partial charge is 0.368 e. The summed E-state index contributed by atoms with van der Waals surface area (Å²) in [4.78, 5) is 14.6. The summed E-state index contributed by atoms with van der Waals surface area (Å²) in [6, 6.07) is 17.1. The molecule has 2 aromatic rings. The molecule has 0 aromatic heterocycles. The summed E-state index contributed by atoms with van der Waals surface area (Å²) in [7, 11) is 0. The fourth-order valence-corrected chi connectivity index (χ4v) is 5.47. The molecular weight excluding hydrogens is 372 g/mol. The highest BCUT2D eigenvalue weighted by atomic mass is 16.5. The molecule has 4 heteroatoms. The smallest absolute Gasteiger partial charge is 0.251 e. The SMILES string of the molecule is Cc1cc(C#N)ccc1-c1ccc(C2CC23CCN(C(=O)C2CCCO2)CC3)cc1. The molecule has 2 saturated heterocycles. The topological polar surface area (TPSA) is 53.3 Å². The standard InChI is InChI=1S/C26H28N2O2/c1-18-15-19(17-27)4-9-22(18)20-5-7-21(8-6-20)23-16-26(23)10-12-28(13-11-26)25(29)24-3-2-14-30-24/h4-9,15,23-24H,2-3,10-14,16H2,1H3. The van der Waals surface area contributed by atoms with Gasteiger partial charge in [0.25, 0.3) is 5.91 Å². The quantitative estimate of drug-likeness (QED) is 0.743. The van der Waals surface area contributed by atoms with E-state index in [9.17, 15) is 4.79 Å². The number of hydrogen-bond donors (Lipinski definition) is 0. The van der Waals surface area contributed by atoms with E-state index in [4.69, 9.17) is 10.00 Å². The van der Waals surface area contributed by atoms with E-state index in [1.807, 2.05) is 23.1 Å². The van der Waals surface area contributed by atoms with Gasteiger partial charge in [-0.05, 0) is 84.7 Å². The van der Waals surface area contributed by atoms with Crippen LogP contribution in [0.5, 0.6) is 0 Å². The molecular formula is C26H28N2O2. The minimum atomic E-state index is -0.188. The van der Waals surface area contributed by atoms with Gasteiger partial charge in [-0.2, -0.15) is 5.26 Å². The first-order chi connectivity index (χ1) is 14.6. The van der Waals surface area contributed by atoms with Gasteiger partial charge in [-0.3, -0.25) is 4.79 Å². The van der Waals surface area contributed by atoms with E-state index in [0.29, 0.717) is 16.9 Å². The minimum absolute atomic E-state index is 0.188. The Morgan fingerprint density at radius 2 is 1.93 bits per heavy atom. The van der Waals surface area contributed by atoms with Crippen LogP contribution in [0.25, 0.3) is 11.1 Å². The van der Waals surface area contributed by atoms with Gasteiger partial charge in [0.1, 0.15) is 6.10 Å². The molecule has 5 rings (SSSR count). The van der Waals surface area contributed by atoms with Crippen molar-refractivity contribution >= 4 is 5.91 Å². The highest BCUT2D eigenvalue weighted by Crippen LogP contribution is 2.65. The minimum Gasteiger partial charge on any atom is -0.368 e. The van der Waals surface area contributed by atoms with Gasteiger partial charge in [0.15, 0.2) is 0 Å². The molecule has 30 heavy (non-hydrogen) atoms. The van der Waals surface area contributed by atoms with Gasteiger partial charge in [-0.25, -0.2) is 0 Å². The Labute approximate surface area is 178 Å². The van der Waals surface area contributed by atoms with Crippen LogP contribution < -0.4 is 0 Å². The highest BCUT2D eigenvalue weighted by molar-refractivity contribution is 5.81. The molecule has 154 valence electrons. The Balaban J connectivity index is 1.23. The molecule has 1 amide bonds. The van der Waals surface area contributed by atoms with E-state index < -0.39 is 0 Å². The number of piperidine rings is 1. The Morgan fingerprint density at radius 3 is 2.57 bits per heavy atom. The van der Waals surface area contributed by atoms with Gasteiger partial charge in [0.2, 0.25) is 0 Å². The van der Waals surface area contributed by atoms with E-state index in [1.165, 1.54) is 23.1 Å². The lowest BCUT2D eigenvalue weighted by atomic mass is 9.88. The van der Waals surface area contributed by atoms with Gasteiger partial charge in [-0.15, -0.1) is 0 Å². The predicted octanol–water partition coefficient (Wildman–Crippen LogP) is 4.81. The van der Waals surface area contributed by atoms with Crippen molar-refractivity contribution in [2.24, 2.45) is 5.41 Å². The normalized spacial score (nSPS) is 24.6. The maximum absolute atomic E-state index is 12.6. The van der Waals surface area contributed by atoms with Crippen LogP contribution in [0.3, 0.4) is 0 Å². The second-order valence-corrected chi connectivity index (χ2v) is 9.21. The Morgan fingerprint density at radius 1 is 1.17 bits per heavy atom. The van der Waals surface area contributed by atoms with Crippen LogP contribution >= 0.6 is 0 Å². The fourth-order valence-electron chi connectivity index (χ4n) is 5.47. The number of nitriles is 1. The summed E-state index contributed by atoms with van der Waals surface area (Å²) >= 11 is 0. The number of hydrogen-bond acceptors (Lipinski definition) is 3. The number of likely N-dealkylation sites (tertiary alicyclic amines) is 1. The van der Waals surface area contributed by atoms with Crippen molar-refractivity contribution in [2.75, 3.05) is 19.7 Å². The van der Waals surface area contributed by atoms with E-state index >= 15 is 0 Å². The number of aryl methyl sites for hydroxylation is 1. The molecule has 2 atom stereocenters. The predicted molar refractivity (Wildman–Crippen MR) is 116 cm³/mol. The van der Waals surface area contributed by atoms with Gasteiger partial charge in [0.05, 0.1) is 11.6 Å². The number of nitrogens with zero attached hydrogens (tertiary/aromatic N) is 2. The van der Waals surface area contributed by atoms with Gasteiger partial charge in [-0.1, -0.05) is 30.3 Å². The van der Waals surface area contributed by atoms with Crippen molar-refractivity contribution in [2.45, 2.75) is 51.0 Å². The summed E-state index contributed by atoms with van der Waals surface area (Å²) < 4.78 is 5.59. The molecule has 1 spiro atoms. The zero-order valence-corrected chi connectivity index (χ0v) is 17.6. The van der Waals surface area contributed by atoms with Gasteiger partial charge >= 0.3 is 0 Å². The maximum atomic E-state index is 12.6. The molecule has 3 fully saturated rings. The third-order valence-electron chi connectivity index (χ3n) is 7.45. The third-order valence-corrected chi connectivity index (χ3v) is 7.45. The van der Waals surface area contributed by atoms with Gasteiger partial charge < -0.3 is 9.64 Å². The molecule has 2 aromatic carbocycles. The first-order valence-electron chi connectivity index (χ1n) is 11.1. The number of rotatable bonds is 3. The van der Waals surface area contributed by atoms with Crippen LogP contribution in [0.15, 0.2) is 42.5 Å². The maximum Gasteiger partial charge on any atom is 0.251 e. The monoisotopic (exact) mass is 400 g/mol. The van der Waals surface area contributed by atoms with Crippen LogP contribution in [-0.2, 0) is 9.53 Å². The summed E-state index contributed by atoms with van der Waals surface area (Å²) in [6.07, 6.45) is 5.15. The number of benzene rings is 2. The Hall–Kier alpha value is -2.64. The molecule has 1 saturated carbocycles. The molecule has 1 aliphatic carbocycles. The van der Waals surface area contributed by atoms with Crippen LogP contribution in [0.1, 0.15) is 54.7 Å². The Kier molecular flexibility index (Phi) is 4.87. The van der Waals surface area contributed by atoms with Crippen molar-refractivity contribution in [3.63, 3.8) is 0 Å². The molecule has 2 unspecified atom stereocenters. The van der Waals surface area contributed by atoms with Crippen LogP contribution in [0, 0.1) is 23.7 Å². The van der Waals surface area contributed by atoms with Crippen molar-refractivity contribution in [1.82, 2.24) is 4.90 Å². The molecule has 4 nitrogen and oxygen atoms in total. The zero-order chi connectivity index (χ0) is 20.7. The fraction of sp³-hybridized carbons (Fsp3) is 0.462. The van der Waals surface area contributed by atoms with Crippen LogP contribution in [0.2, 0.25) is 0 Å². The van der Waals surface area contributed by atoms with Gasteiger partial charge in [0, 0.05) is 19.7 Å². The number of ether oxygens (including phenoxy) is 1. The summed E-state index contributed by atoms with van der Waals surface area (Å²) in [5, 5.41) is 9.07. The second-order valence-electron chi connectivity index (χ2n) is 9.21. The molecule has 0 bridgehead atoms. The van der Waals surface area contributed by atoms with E-state index in [-0.39, 0.29) is 12.0 Å². The lowest BCUT2D eigenvalue weighted by molar-refractivity contribution is -0.142. The number of carbonyl (C=O) groups is 1. The Bertz CT molecular complexity index is 991. The average Bonchev–Trinajstić information content (AvgIpc) is 3.20. The first kappa shape index (κ1) is 19.3. The first-order valence-corrected chi connectivity index (χ1v) is 11.1. The van der Waals surface area contributed by atoms with E-state index in [0.717, 1.165) is 50.9 Å². The summed E-state index contributed by atoms with van der Waals surface area (Å²) in [6.45, 7) is 4.54. The van der Waals surface area contributed by atoms with Crippen molar-refractivity contribution in [3.05, 3.63) is 59.2 Å². The molecule has 0 N–H and O–H groups in total.